The maximum absolute atomic E-state index is 12.9. The SMILES string of the molecule is O=C(c1csc(N2CCCCC2)n1)N1CCN(c2cccc(C(F)(F)F)c2)CC1. The third kappa shape index (κ3) is 4.49. The first-order valence-corrected chi connectivity index (χ1v) is 10.7. The molecule has 9 heteroatoms. The average Bonchev–Trinajstić information content (AvgIpc) is 3.24. The van der Waals surface area contributed by atoms with Gasteiger partial charge in [0.1, 0.15) is 5.69 Å². The zero-order valence-corrected chi connectivity index (χ0v) is 16.8. The Morgan fingerprint density at radius 2 is 1.69 bits per heavy atom. The molecular formula is C20H23F3N4OS. The van der Waals surface area contributed by atoms with Gasteiger partial charge in [-0.15, -0.1) is 11.3 Å². The number of carbonyl (C=O) groups is 1. The second-order valence-electron chi connectivity index (χ2n) is 7.39. The summed E-state index contributed by atoms with van der Waals surface area (Å²) in [7, 11) is 0. The second kappa shape index (κ2) is 8.22. The van der Waals surface area contributed by atoms with Gasteiger partial charge in [0.2, 0.25) is 0 Å². The summed E-state index contributed by atoms with van der Waals surface area (Å²) in [6.07, 6.45) is -0.810. The van der Waals surface area contributed by atoms with Crippen LogP contribution in [0, 0.1) is 0 Å². The zero-order valence-electron chi connectivity index (χ0n) is 16.0. The van der Waals surface area contributed by atoms with Gasteiger partial charge in [0.15, 0.2) is 5.13 Å². The summed E-state index contributed by atoms with van der Waals surface area (Å²) in [5.74, 6) is -0.104. The van der Waals surface area contributed by atoms with Crippen LogP contribution in [0.4, 0.5) is 24.0 Å². The number of aromatic nitrogens is 1. The van der Waals surface area contributed by atoms with Crippen LogP contribution in [0.5, 0.6) is 0 Å². The van der Waals surface area contributed by atoms with Gasteiger partial charge in [-0.2, -0.15) is 13.2 Å². The number of piperazine rings is 1. The largest absolute Gasteiger partial charge is 0.416 e. The van der Waals surface area contributed by atoms with Crippen molar-refractivity contribution in [3.63, 3.8) is 0 Å². The summed E-state index contributed by atoms with van der Waals surface area (Å²) < 4.78 is 38.8. The quantitative estimate of drug-likeness (QED) is 0.743. The minimum Gasteiger partial charge on any atom is -0.368 e. The highest BCUT2D eigenvalue weighted by molar-refractivity contribution is 7.13. The molecule has 2 aliphatic heterocycles. The van der Waals surface area contributed by atoms with Crippen LogP contribution in [0.3, 0.4) is 0 Å². The highest BCUT2D eigenvalue weighted by Gasteiger charge is 2.31. The Balaban J connectivity index is 1.37. The number of hydrogen-bond acceptors (Lipinski definition) is 5. The van der Waals surface area contributed by atoms with Gasteiger partial charge in [0.05, 0.1) is 5.56 Å². The van der Waals surface area contributed by atoms with Crippen LogP contribution in [-0.4, -0.2) is 55.1 Å². The number of rotatable bonds is 3. The fourth-order valence-corrected chi connectivity index (χ4v) is 4.65. The van der Waals surface area contributed by atoms with Crippen molar-refractivity contribution >= 4 is 28.1 Å². The monoisotopic (exact) mass is 424 g/mol. The number of anilines is 2. The maximum Gasteiger partial charge on any atom is 0.416 e. The standard InChI is InChI=1S/C20H23F3N4OS/c21-20(22,23)15-5-4-6-16(13-15)25-9-11-26(12-10-25)18(28)17-14-29-19(24-17)27-7-2-1-3-8-27/h4-6,13-14H,1-3,7-12H2. The van der Waals surface area contributed by atoms with Gasteiger partial charge in [-0.25, -0.2) is 4.98 Å². The van der Waals surface area contributed by atoms with Crippen LogP contribution in [-0.2, 0) is 6.18 Å². The molecule has 0 aliphatic carbocycles. The number of amides is 1. The van der Waals surface area contributed by atoms with Crippen molar-refractivity contribution in [2.45, 2.75) is 25.4 Å². The highest BCUT2D eigenvalue weighted by atomic mass is 32.1. The minimum absolute atomic E-state index is 0.104. The van der Waals surface area contributed by atoms with E-state index in [-0.39, 0.29) is 5.91 Å². The van der Waals surface area contributed by atoms with Gasteiger partial charge in [-0.3, -0.25) is 4.79 Å². The smallest absolute Gasteiger partial charge is 0.368 e. The van der Waals surface area contributed by atoms with E-state index in [1.807, 2.05) is 10.3 Å². The van der Waals surface area contributed by atoms with E-state index in [4.69, 9.17) is 0 Å². The third-order valence-corrected chi connectivity index (χ3v) is 6.34. The first-order chi connectivity index (χ1) is 13.9. The van der Waals surface area contributed by atoms with Crippen LogP contribution < -0.4 is 9.80 Å². The summed E-state index contributed by atoms with van der Waals surface area (Å²) >= 11 is 1.50. The minimum atomic E-state index is -4.36. The van der Waals surface area contributed by atoms with E-state index in [2.05, 4.69) is 9.88 Å². The molecule has 2 saturated heterocycles. The molecule has 1 aromatic carbocycles. The Hall–Kier alpha value is -2.29. The number of nitrogens with zero attached hydrogens (tertiary/aromatic N) is 4. The van der Waals surface area contributed by atoms with E-state index in [0.717, 1.165) is 37.1 Å². The molecular weight excluding hydrogens is 401 g/mol. The van der Waals surface area contributed by atoms with Crippen LogP contribution in [0.25, 0.3) is 0 Å². The zero-order chi connectivity index (χ0) is 20.4. The van der Waals surface area contributed by atoms with Crippen molar-refractivity contribution in [3.8, 4) is 0 Å². The van der Waals surface area contributed by atoms with E-state index in [1.165, 1.54) is 29.9 Å². The number of carbonyl (C=O) groups excluding carboxylic acids is 1. The van der Waals surface area contributed by atoms with Crippen molar-refractivity contribution in [3.05, 3.63) is 40.9 Å². The molecule has 2 fully saturated rings. The van der Waals surface area contributed by atoms with E-state index in [0.29, 0.717) is 37.6 Å². The molecule has 2 aromatic rings. The first-order valence-electron chi connectivity index (χ1n) is 9.84. The van der Waals surface area contributed by atoms with Gasteiger partial charge in [0.25, 0.3) is 5.91 Å². The molecule has 5 nitrogen and oxygen atoms in total. The molecule has 0 radical (unpaired) electrons. The molecule has 29 heavy (non-hydrogen) atoms. The van der Waals surface area contributed by atoms with Crippen LogP contribution in [0.1, 0.15) is 35.3 Å². The number of thiazole rings is 1. The van der Waals surface area contributed by atoms with Crippen molar-refractivity contribution in [1.29, 1.82) is 0 Å². The van der Waals surface area contributed by atoms with Gasteiger partial charge in [-0.1, -0.05) is 6.07 Å². The lowest BCUT2D eigenvalue weighted by Crippen LogP contribution is -2.49. The van der Waals surface area contributed by atoms with E-state index >= 15 is 0 Å². The predicted molar refractivity (Wildman–Crippen MR) is 108 cm³/mol. The Bertz CT molecular complexity index is 855. The lowest BCUT2D eigenvalue weighted by atomic mass is 10.1. The molecule has 0 bridgehead atoms. The molecule has 0 spiro atoms. The van der Waals surface area contributed by atoms with Crippen LogP contribution >= 0.6 is 11.3 Å². The molecule has 0 unspecified atom stereocenters. The predicted octanol–water partition coefficient (Wildman–Crippen LogP) is 4.11. The Morgan fingerprint density at radius 1 is 0.966 bits per heavy atom. The fourth-order valence-electron chi connectivity index (χ4n) is 3.80. The van der Waals surface area contributed by atoms with Crippen molar-refractivity contribution in [2.75, 3.05) is 49.1 Å². The molecule has 0 N–H and O–H groups in total. The van der Waals surface area contributed by atoms with Gasteiger partial charge in [-0.05, 0) is 37.5 Å². The molecule has 0 saturated carbocycles. The topological polar surface area (TPSA) is 39.7 Å². The van der Waals surface area contributed by atoms with Gasteiger partial charge < -0.3 is 14.7 Å². The number of alkyl halides is 3. The summed E-state index contributed by atoms with van der Waals surface area (Å²) in [6.45, 7) is 3.89. The van der Waals surface area contributed by atoms with E-state index < -0.39 is 11.7 Å². The molecule has 2 aliphatic rings. The highest BCUT2D eigenvalue weighted by Crippen LogP contribution is 2.32. The second-order valence-corrected chi connectivity index (χ2v) is 8.23. The van der Waals surface area contributed by atoms with Crippen molar-refractivity contribution in [2.24, 2.45) is 0 Å². The Labute approximate surface area is 171 Å². The molecule has 1 aromatic heterocycles. The first kappa shape index (κ1) is 20.0. The average molecular weight is 424 g/mol. The Morgan fingerprint density at radius 3 is 2.38 bits per heavy atom. The number of hydrogen-bond donors (Lipinski definition) is 0. The number of benzene rings is 1. The summed E-state index contributed by atoms with van der Waals surface area (Å²) in [6, 6.07) is 5.35. The fraction of sp³-hybridized carbons (Fsp3) is 0.500. The lowest BCUT2D eigenvalue weighted by Gasteiger charge is -2.36. The van der Waals surface area contributed by atoms with Gasteiger partial charge in [0, 0.05) is 50.3 Å². The number of halogens is 3. The molecule has 4 rings (SSSR count). The van der Waals surface area contributed by atoms with Crippen molar-refractivity contribution < 1.29 is 18.0 Å². The maximum atomic E-state index is 12.9. The molecule has 3 heterocycles. The molecule has 0 atom stereocenters. The summed E-state index contributed by atoms with van der Waals surface area (Å²) in [5.41, 5.74) is 0.345. The summed E-state index contributed by atoms with van der Waals surface area (Å²) in [5, 5.41) is 2.71. The van der Waals surface area contributed by atoms with Gasteiger partial charge >= 0.3 is 6.18 Å². The molecule has 156 valence electrons. The normalized spacial score (nSPS) is 18.2. The summed E-state index contributed by atoms with van der Waals surface area (Å²) in [4.78, 5) is 23.2. The van der Waals surface area contributed by atoms with Crippen LogP contribution in [0.15, 0.2) is 29.6 Å². The molecule has 1 amide bonds. The van der Waals surface area contributed by atoms with E-state index in [9.17, 15) is 18.0 Å². The third-order valence-electron chi connectivity index (χ3n) is 5.44. The number of piperidine rings is 1. The lowest BCUT2D eigenvalue weighted by molar-refractivity contribution is -0.137. The van der Waals surface area contributed by atoms with Crippen molar-refractivity contribution in [1.82, 2.24) is 9.88 Å². The Kier molecular flexibility index (Phi) is 5.67. The van der Waals surface area contributed by atoms with Crippen LogP contribution in [0.2, 0.25) is 0 Å². The van der Waals surface area contributed by atoms with E-state index in [1.54, 1.807) is 11.0 Å².